The Morgan fingerprint density at radius 2 is 0.833 bits per heavy atom. The van der Waals surface area contributed by atoms with E-state index in [9.17, 15) is 4.79 Å². The summed E-state index contributed by atoms with van der Waals surface area (Å²) in [7, 11) is 0. The van der Waals surface area contributed by atoms with Crippen molar-refractivity contribution in [1.82, 2.24) is 0 Å². The predicted octanol–water partition coefficient (Wildman–Crippen LogP) is -0.470. The third-order valence-electron chi connectivity index (χ3n) is 0.494. The number of carboxylic acids is 1. The van der Waals surface area contributed by atoms with Crippen LogP contribution < -0.4 is 0 Å². The Morgan fingerprint density at radius 3 is 0.833 bits per heavy atom. The van der Waals surface area contributed by atoms with Gasteiger partial charge in [0.15, 0.2) is 0 Å². The number of carbonyl (C=O) groups is 5. The van der Waals surface area contributed by atoms with Crippen LogP contribution in [-0.2, 0) is 24.0 Å². The highest BCUT2D eigenvalue weighted by Crippen LogP contribution is 1.87. The molecular formula is C8H16O10. The molecule has 0 aromatic rings. The molecule has 0 fully saturated rings. The van der Waals surface area contributed by atoms with Crippen LogP contribution in [0.5, 0.6) is 0 Å². The van der Waals surface area contributed by atoms with Crippen LogP contribution in [0.2, 0.25) is 0 Å². The van der Waals surface area contributed by atoms with E-state index >= 15 is 0 Å². The minimum Gasteiger partial charge on any atom is -0.483 e. The van der Waals surface area contributed by atoms with Gasteiger partial charge in [0.05, 0.1) is 5.92 Å². The molecule has 0 saturated carbocycles. The van der Waals surface area contributed by atoms with E-state index in [1.165, 1.54) is 0 Å². The van der Waals surface area contributed by atoms with Gasteiger partial charge in [-0.1, -0.05) is 13.8 Å². The molecule has 0 aliphatic carbocycles. The van der Waals surface area contributed by atoms with Crippen LogP contribution in [0, 0.1) is 5.92 Å². The fourth-order valence-corrected chi connectivity index (χ4v) is 0. The largest absolute Gasteiger partial charge is 0.483 e. The van der Waals surface area contributed by atoms with Gasteiger partial charge in [0.1, 0.15) is 0 Å². The van der Waals surface area contributed by atoms with Crippen molar-refractivity contribution in [2.24, 2.45) is 5.92 Å². The molecule has 0 aromatic carbocycles. The molecule has 0 spiro atoms. The molecule has 0 amide bonds. The lowest BCUT2D eigenvalue weighted by Crippen LogP contribution is -2.03. The summed E-state index contributed by atoms with van der Waals surface area (Å²) in [6.45, 7) is 2.28. The van der Waals surface area contributed by atoms with E-state index in [2.05, 4.69) is 0 Å². The zero-order valence-corrected chi connectivity index (χ0v) is 9.66. The second-order valence-corrected chi connectivity index (χ2v) is 1.91. The van der Waals surface area contributed by atoms with Crippen molar-refractivity contribution >= 4 is 31.9 Å². The van der Waals surface area contributed by atoms with E-state index in [4.69, 9.17) is 44.7 Å². The zero-order chi connectivity index (χ0) is 16.0. The monoisotopic (exact) mass is 272 g/mol. The van der Waals surface area contributed by atoms with Crippen LogP contribution in [0.3, 0.4) is 0 Å². The molecule has 5 N–H and O–H groups in total. The van der Waals surface area contributed by atoms with E-state index in [1.54, 1.807) is 13.8 Å². The molecule has 0 unspecified atom stereocenters. The fourth-order valence-electron chi connectivity index (χ4n) is 0. The maximum atomic E-state index is 9.70. The lowest BCUT2D eigenvalue weighted by molar-refractivity contribution is -0.140. The van der Waals surface area contributed by atoms with Crippen molar-refractivity contribution in [3.63, 3.8) is 0 Å². The number of carboxylic acid groups (broad SMARTS) is 5. The molecule has 0 aromatic heterocycles. The van der Waals surface area contributed by atoms with Crippen LogP contribution >= 0.6 is 0 Å². The normalized spacial score (nSPS) is 5.72. The van der Waals surface area contributed by atoms with E-state index in [0.29, 0.717) is 0 Å². The molecular weight excluding hydrogens is 256 g/mol. The second-order valence-electron chi connectivity index (χ2n) is 1.91. The van der Waals surface area contributed by atoms with Gasteiger partial charge in [0, 0.05) is 0 Å². The van der Waals surface area contributed by atoms with E-state index in [1.807, 2.05) is 0 Å². The number of rotatable bonds is 1. The zero-order valence-electron chi connectivity index (χ0n) is 9.66. The van der Waals surface area contributed by atoms with Crippen LogP contribution in [0.1, 0.15) is 13.8 Å². The molecule has 0 radical (unpaired) electrons. The standard InChI is InChI=1S/C4H8O2.4CH2O2/c1-3(2)4(5)6;4*2-1-3/h3H,1-2H3,(H,5,6);4*1H,(H,2,3). The van der Waals surface area contributed by atoms with Crippen LogP contribution in [0.15, 0.2) is 0 Å². The molecule has 18 heavy (non-hydrogen) atoms. The Morgan fingerprint density at radius 1 is 0.778 bits per heavy atom. The molecule has 0 rings (SSSR count). The Kier molecular flexibility index (Phi) is 77.6. The number of hydrogen-bond acceptors (Lipinski definition) is 5. The summed E-state index contributed by atoms with van der Waals surface area (Å²) in [5.41, 5.74) is 0. The van der Waals surface area contributed by atoms with E-state index in [0.717, 1.165) is 0 Å². The molecule has 10 heteroatoms. The Labute approximate surface area is 102 Å². The molecule has 0 atom stereocenters. The summed E-state index contributed by atoms with van der Waals surface area (Å²) in [6, 6.07) is 0. The first-order valence-electron chi connectivity index (χ1n) is 3.85. The van der Waals surface area contributed by atoms with Gasteiger partial charge < -0.3 is 25.5 Å². The SMILES string of the molecule is CC(C)C(=O)O.O=CO.O=CO.O=CO.O=CO. The number of aliphatic carboxylic acids is 1. The molecule has 0 saturated heterocycles. The van der Waals surface area contributed by atoms with E-state index < -0.39 is 5.97 Å². The summed E-state index contributed by atoms with van der Waals surface area (Å²) in [5, 5.41) is 35.5. The van der Waals surface area contributed by atoms with Crippen LogP contribution in [0.25, 0.3) is 0 Å². The predicted molar refractivity (Wildman–Crippen MR) is 57.2 cm³/mol. The Bertz CT molecular complexity index is 164. The van der Waals surface area contributed by atoms with Gasteiger partial charge in [-0.15, -0.1) is 0 Å². The van der Waals surface area contributed by atoms with Crippen LogP contribution in [-0.4, -0.2) is 57.4 Å². The smallest absolute Gasteiger partial charge is 0.305 e. The van der Waals surface area contributed by atoms with E-state index in [-0.39, 0.29) is 31.8 Å². The topological polar surface area (TPSA) is 186 Å². The van der Waals surface area contributed by atoms with Crippen molar-refractivity contribution in [2.75, 3.05) is 0 Å². The highest BCUT2D eigenvalue weighted by atomic mass is 16.4. The molecule has 0 aliphatic heterocycles. The lowest BCUT2D eigenvalue weighted by atomic mass is 10.2. The quantitative estimate of drug-likeness (QED) is 0.390. The van der Waals surface area contributed by atoms with Crippen LogP contribution in [0.4, 0.5) is 0 Å². The summed E-state index contributed by atoms with van der Waals surface area (Å²) >= 11 is 0. The van der Waals surface area contributed by atoms with Crippen molar-refractivity contribution < 1.29 is 49.5 Å². The first-order valence-corrected chi connectivity index (χ1v) is 3.85. The minimum absolute atomic E-state index is 0.231. The maximum Gasteiger partial charge on any atom is 0.305 e. The third-order valence-corrected chi connectivity index (χ3v) is 0.494. The van der Waals surface area contributed by atoms with Gasteiger partial charge in [-0.2, -0.15) is 0 Å². The van der Waals surface area contributed by atoms with Crippen molar-refractivity contribution in [1.29, 1.82) is 0 Å². The average Bonchev–Trinajstić information content (AvgIpc) is 2.22. The Hall–Kier alpha value is -2.65. The molecule has 108 valence electrons. The first kappa shape index (κ1) is 29.5. The average molecular weight is 272 g/mol. The van der Waals surface area contributed by atoms with Gasteiger partial charge in [0.2, 0.25) is 0 Å². The molecule has 0 bridgehead atoms. The van der Waals surface area contributed by atoms with Gasteiger partial charge in [-0.05, 0) is 0 Å². The van der Waals surface area contributed by atoms with Gasteiger partial charge in [-0.25, -0.2) is 0 Å². The summed E-state index contributed by atoms with van der Waals surface area (Å²) < 4.78 is 0. The third kappa shape index (κ3) is 1120. The molecule has 0 aliphatic rings. The summed E-state index contributed by atoms with van der Waals surface area (Å²) in [6.07, 6.45) is 0. The van der Waals surface area contributed by atoms with Crippen molar-refractivity contribution in [3.8, 4) is 0 Å². The first-order chi connectivity index (χ1) is 8.30. The highest BCUT2D eigenvalue weighted by molar-refractivity contribution is 5.68. The lowest BCUT2D eigenvalue weighted by Gasteiger charge is -1.89. The molecule has 0 heterocycles. The van der Waals surface area contributed by atoms with Gasteiger partial charge in [0.25, 0.3) is 25.9 Å². The fraction of sp³-hybridized carbons (Fsp3) is 0.375. The van der Waals surface area contributed by atoms with Gasteiger partial charge in [-0.3, -0.25) is 24.0 Å². The minimum atomic E-state index is -0.741. The second kappa shape index (κ2) is 47.3. The molecule has 10 nitrogen and oxygen atoms in total. The maximum absolute atomic E-state index is 9.70. The summed E-state index contributed by atoms with van der Waals surface area (Å²) in [5.74, 6) is -0.972. The Balaban J connectivity index is -0.0000000412. The van der Waals surface area contributed by atoms with Crippen molar-refractivity contribution in [3.05, 3.63) is 0 Å². The number of hydrogen-bond donors (Lipinski definition) is 5. The van der Waals surface area contributed by atoms with Crippen molar-refractivity contribution in [2.45, 2.75) is 13.8 Å². The highest BCUT2D eigenvalue weighted by Gasteiger charge is 1.99. The van der Waals surface area contributed by atoms with Gasteiger partial charge >= 0.3 is 5.97 Å². The summed E-state index contributed by atoms with van der Waals surface area (Å²) in [4.78, 5) is 43.1.